The van der Waals surface area contributed by atoms with Gasteiger partial charge in [0, 0.05) is 17.2 Å². The number of benzene rings is 1. The summed E-state index contributed by atoms with van der Waals surface area (Å²) in [7, 11) is -3.70. The molecule has 0 aliphatic carbocycles. The molecule has 0 unspecified atom stereocenters. The highest BCUT2D eigenvalue weighted by Crippen LogP contribution is 2.15. The van der Waals surface area contributed by atoms with E-state index >= 15 is 0 Å². The lowest BCUT2D eigenvalue weighted by Gasteiger charge is -2.04. The van der Waals surface area contributed by atoms with E-state index in [1.54, 1.807) is 0 Å². The largest absolute Gasteiger partial charge is 0.480 e. The second-order valence-electron chi connectivity index (χ2n) is 3.21. The lowest BCUT2D eigenvalue weighted by Crippen LogP contribution is -2.31. The molecular weight excluding hydrogens is 262 g/mol. The van der Waals surface area contributed by atoms with Gasteiger partial charge in [-0.25, -0.2) is 13.1 Å². The van der Waals surface area contributed by atoms with Crippen molar-refractivity contribution in [1.82, 2.24) is 4.72 Å². The number of sulfonamides is 1. The quantitative estimate of drug-likeness (QED) is 0.567. The van der Waals surface area contributed by atoms with E-state index in [1.807, 2.05) is 30.3 Å². The summed E-state index contributed by atoms with van der Waals surface area (Å²) in [5.41, 5.74) is 0. The van der Waals surface area contributed by atoms with Crippen molar-refractivity contribution in [2.75, 3.05) is 18.1 Å². The zero-order chi connectivity index (χ0) is 12.7. The highest BCUT2D eigenvalue weighted by molar-refractivity contribution is 7.99. The minimum Gasteiger partial charge on any atom is -0.480 e. The van der Waals surface area contributed by atoms with Gasteiger partial charge in [0.2, 0.25) is 10.0 Å². The predicted octanol–water partition coefficient (Wildman–Crippen LogP) is 0.783. The van der Waals surface area contributed by atoms with E-state index in [4.69, 9.17) is 5.11 Å². The summed E-state index contributed by atoms with van der Waals surface area (Å²) in [4.78, 5) is 11.3. The maximum atomic E-state index is 11.2. The van der Waals surface area contributed by atoms with Gasteiger partial charge in [-0.2, -0.15) is 0 Å². The van der Waals surface area contributed by atoms with Crippen molar-refractivity contribution in [2.24, 2.45) is 0 Å². The molecule has 94 valence electrons. The Bertz CT molecular complexity index is 458. The summed E-state index contributed by atoms with van der Waals surface area (Å²) < 4.78 is 24.5. The molecule has 2 N–H and O–H groups in total. The Morgan fingerprint density at radius 1 is 1.29 bits per heavy atom. The number of thioether (sulfide) groups is 1. The Morgan fingerprint density at radius 2 is 1.94 bits per heavy atom. The van der Waals surface area contributed by atoms with Crippen LogP contribution in [0, 0.1) is 0 Å². The second-order valence-corrected chi connectivity index (χ2v) is 6.18. The maximum Gasteiger partial charge on any atom is 0.320 e. The van der Waals surface area contributed by atoms with Crippen LogP contribution in [-0.2, 0) is 14.8 Å². The van der Waals surface area contributed by atoms with Crippen LogP contribution < -0.4 is 4.72 Å². The number of carboxylic acid groups (broad SMARTS) is 1. The fourth-order valence-corrected chi connectivity index (χ4v) is 2.86. The first kappa shape index (κ1) is 14.0. The van der Waals surface area contributed by atoms with Gasteiger partial charge in [0.1, 0.15) is 0 Å². The number of hydrogen-bond acceptors (Lipinski definition) is 4. The van der Waals surface area contributed by atoms with Crippen LogP contribution in [0.4, 0.5) is 0 Å². The molecule has 0 aromatic heterocycles. The highest BCUT2D eigenvalue weighted by atomic mass is 32.2. The molecule has 0 saturated heterocycles. The van der Waals surface area contributed by atoms with Crippen LogP contribution in [0.3, 0.4) is 0 Å². The monoisotopic (exact) mass is 275 g/mol. The molecule has 1 aromatic rings. The second kappa shape index (κ2) is 6.63. The molecule has 0 heterocycles. The van der Waals surface area contributed by atoms with Crippen molar-refractivity contribution in [3.05, 3.63) is 30.3 Å². The van der Waals surface area contributed by atoms with Crippen molar-refractivity contribution in [1.29, 1.82) is 0 Å². The molecule has 7 heteroatoms. The lowest BCUT2D eigenvalue weighted by atomic mass is 10.4. The van der Waals surface area contributed by atoms with E-state index in [0.717, 1.165) is 4.90 Å². The van der Waals surface area contributed by atoms with Gasteiger partial charge in [-0.15, -0.1) is 11.8 Å². The predicted molar refractivity (Wildman–Crippen MR) is 66.6 cm³/mol. The molecule has 5 nitrogen and oxygen atoms in total. The van der Waals surface area contributed by atoms with E-state index in [0.29, 0.717) is 5.75 Å². The Morgan fingerprint density at radius 3 is 2.53 bits per heavy atom. The van der Waals surface area contributed by atoms with Gasteiger partial charge in [-0.05, 0) is 12.1 Å². The standard InChI is InChI=1S/C10H13NO4S2/c12-10(13)8-17(14,15)11-6-7-16-9-4-2-1-3-5-9/h1-5,11H,6-8H2,(H,12,13). The maximum absolute atomic E-state index is 11.2. The van der Waals surface area contributed by atoms with Gasteiger partial charge in [0.05, 0.1) is 0 Å². The first-order valence-corrected chi connectivity index (χ1v) is 7.50. The van der Waals surface area contributed by atoms with Crippen LogP contribution in [0.5, 0.6) is 0 Å². The van der Waals surface area contributed by atoms with Gasteiger partial charge < -0.3 is 5.11 Å². The molecule has 0 amide bonds. The van der Waals surface area contributed by atoms with Crippen molar-refractivity contribution in [3.8, 4) is 0 Å². The Labute approximate surface area is 104 Å². The van der Waals surface area contributed by atoms with E-state index < -0.39 is 21.7 Å². The Balaban J connectivity index is 2.27. The zero-order valence-corrected chi connectivity index (χ0v) is 10.6. The third kappa shape index (κ3) is 6.30. The fourth-order valence-electron chi connectivity index (χ4n) is 1.10. The van der Waals surface area contributed by atoms with Gasteiger partial charge in [-0.1, -0.05) is 18.2 Å². The van der Waals surface area contributed by atoms with E-state index in [9.17, 15) is 13.2 Å². The molecule has 0 aliphatic rings. The third-order valence-corrected chi connectivity index (χ3v) is 4.03. The average molecular weight is 275 g/mol. The molecule has 1 rings (SSSR count). The fraction of sp³-hybridized carbons (Fsp3) is 0.300. The minimum atomic E-state index is -3.70. The minimum absolute atomic E-state index is 0.217. The molecule has 0 atom stereocenters. The smallest absolute Gasteiger partial charge is 0.320 e. The lowest BCUT2D eigenvalue weighted by molar-refractivity contribution is -0.134. The van der Waals surface area contributed by atoms with Crippen molar-refractivity contribution < 1.29 is 18.3 Å². The highest BCUT2D eigenvalue weighted by Gasteiger charge is 2.14. The van der Waals surface area contributed by atoms with Crippen LogP contribution in [0.2, 0.25) is 0 Å². The SMILES string of the molecule is O=C(O)CS(=O)(=O)NCCSc1ccccc1. The van der Waals surface area contributed by atoms with Crippen LogP contribution in [0.15, 0.2) is 35.2 Å². The molecule has 17 heavy (non-hydrogen) atoms. The van der Waals surface area contributed by atoms with Gasteiger partial charge in [-0.3, -0.25) is 4.79 Å². The molecule has 0 radical (unpaired) electrons. The summed E-state index contributed by atoms with van der Waals surface area (Å²) in [5, 5.41) is 8.36. The Kier molecular flexibility index (Phi) is 5.46. The Hall–Kier alpha value is -1.05. The number of rotatable bonds is 7. The van der Waals surface area contributed by atoms with Crippen LogP contribution in [0.1, 0.15) is 0 Å². The zero-order valence-electron chi connectivity index (χ0n) is 9.00. The van der Waals surface area contributed by atoms with Gasteiger partial charge >= 0.3 is 5.97 Å². The summed E-state index contributed by atoms with van der Waals surface area (Å²) in [6.45, 7) is 0.217. The molecule has 0 bridgehead atoms. The van der Waals surface area contributed by atoms with E-state index in [-0.39, 0.29) is 6.54 Å². The van der Waals surface area contributed by atoms with Crippen molar-refractivity contribution in [2.45, 2.75) is 4.90 Å². The molecular formula is C10H13NO4S2. The average Bonchev–Trinajstić information content (AvgIpc) is 2.24. The van der Waals surface area contributed by atoms with Crippen LogP contribution >= 0.6 is 11.8 Å². The van der Waals surface area contributed by atoms with Crippen LogP contribution in [0.25, 0.3) is 0 Å². The molecule has 0 aliphatic heterocycles. The first-order valence-electron chi connectivity index (χ1n) is 4.86. The van der Waals surface area contributed by atoms with Crippen molar-refractivity contribution >= 4 is 27.8 Å². The van der Waals surface area contributed by atoms with Crippen LogP contribution in [-0.4, -0.2) is 37.5 Å². The summed E-state index contributed by atoms with van der Waals surface area (Å²) in [6.07, 6.45) is 0. The number of hydrogen-bond donors (Lipinski definition) is 2. The normalized spacial score (nSPS) is 11.3. The molecule has 0 saturated carbocycles. The number of carbonyl (C=O) groups is 1. The molecule has 0 fully saturated rings. The number of nitrogens with one attached hydrogen (secondary N) is 1. The van der Waals surface area contributed by atoms with Gasteiger partial charge in [0.25, 0.3) is 0 Å². The summed E-state index contributed by atoms with van der Waals surface area (Å²) >= 11 is 1.51. The third-order valence-electron chi connectivity index (χ3n) is 1.75. The summed E-state index contributed by atoms with van der Waals surface area (Å²) in [6, 6.07) is 9.56. The number of carboxylic acids is 1. The van der Waals surface area contributed by atoms with E-state index in [1.165, 1.54) is 11.8 Å². The van der Waals surface area contributed by atoms with E-state index in [2.05, 4.69) is 4.72 Å². The molecule has 0 spiro atoms. The topological polar surface area (TPSA) is 83.5 Å². The number of aliphatic carboxylic acids is 1. The van der Waals surface area contributed by atoms with Crippen molar-refractivity contribution in [3.63, 3.8) is 0 Å². The molecule has 1 aromatic carbocycles. The summed E-state index contributed by atoms with van der Waals surface area (Å²) in [5.74, 6) is -1.68. The first-order chi connectivity index (χ1) is 7.99. The van der Waals surface area contributed by atoms with Gasteiger partial charge in [0.15, 0.2) is 5.75 Å².